The Hall–Kier alpha value is -1.57. The van der Waals surface area contributed by atoms with Gasteiger partial charge < -0.3 is 5.21 Å². The zero-order valence-corrected chi connectivity index (χ0v) is 6.01. The van der Waals surface area contributed by atoms with Gasteiger partial charge in [-0.05, 0) is 11.6 Å². The summed E-state index contributed by atoms with van der Waals surface area (Å²) in [5.41, 5.74) is 1.09. The van der Waals surface area contributed by atoms with Gasteiger partial charge in [-0.25, -0.2) is 0 Å². The molecule has 0 aliphatic carbocycles. The van der Waals surface area contributed by atoms with Crippen LogP contribution in [0.3, 0.4) is 0 Å². The Labute approximate surface area is 65.5 Å². The van der Waals surface area contributed by atoms with Crippen LogP contribution in [0.15, 0.2) is 41.6 Å². The van der Waals surface area contributed by atoms with Gasteiger partial charge in [0.1, 0.15) is 0 Å². The fraction of sp³-hybridized carbons (Fsp3) is 0. The van der Waals surface area contributed by atoms with Gasteiger partial charge in [-0.1, -0.05) is 41.6 Å². The van der Waals surface area contributed by atoms with E-state index in [9.17, 15) is 0 Å². The zero-order valence-electron chi connectivity index (χ0n) is 6.01. The monoisotopic (exact) mass is 147 g/mol. The topological polar surface area (TPSA) is 32.6 Å². The van der Waals surface area contributed by atoms with E-state index in [4.69, 9.17) is 5.21 Å². The minimum atomic E-state index is 1.09. The molecule has 1 aromatic carbocycles. The molecule has 1 N–H and O–H groups in total. The Morgan fingerprint density at radius 3 is 2.55 bits per heavy atom. The molecule has 0 saturated carbocycles. The van der Waals surface area contributed by atoms with Crippen molar-refractivity contribution in [3.05, 3.63) is 42.0 Å². The first-order valence-corrected chi connectivity index (χ1v) is 3.32. The maximum Gasteiger partial charge on any atom is 0.0661 e. The number of allylic oxidation sites excluding steroid dienone is 1. The van der Waals surface area contributed by atoms with Crippen molar-refractivity contribution >= 4 is 12.3 Å². The van der Waals surface area contributed by atoms with E-state index in [0.717, 1.165) is 5.56 Å². The SMILES string of the molecule is ON=CC=Cc1ccccc1. The molecule has 0 saturated heterocycles. The van der Waals surface area contributed by atoms with E-state index in [0.29, 0.717) is 0 Å². The number of benzene rings is 1. The Morgan fingerprint density at radius 1 is 1.18 bits per heavy atom. The molecule has 0 amide bonds. The molecule has 1 rings (SSSR count). The highest BCUT2D eigenvalue weighted by Crippen LogP contribution is 1.99. The molecule has 56 valence electrons. The van der Waals surface area contributed by atoms with Gasteiger partial charge in [0, 0.05) is 0 Å². The third-order valence-electron chi connectivity index (χ3n) is 1.24. The van der Waals surface area contributed by atoms with Gasteiger partial charge in [0.05, 0.1) is 6.21 Å². The first-order valence-electron chi connectivity index (χ1n) is 3.32. The summed E-state index contributed by atoms with van der Waals surface area (Å²) in [7, 11) is 0. The van der Waals surface area contributed by atoms with Crippen molar-refractivity contribution in [2.75, 3.05) is 0 Å². The second-order valence-corrected chi connectivity index (χ2v) is 2.03. The Kier molecular flexibility index (Phi) is 2.93. The Balaban J connectivity index is 2.64. The van der Waals surface area contributed by atoms with E-state index in [1.54, 1.807) is 6.08 Å². The van der Waals surface area contributed by atoms with Crippen LogP contribution in [-0.4, -0.2) is 11.4 Å². The summed E-state index contributed by atoms with van der Waals surface area (Å²) in [6.45, 7) is 0. The van der Waals surface area contributed by atoms with Crippen molar-refractivity contribution < 1.29 is 5.21 Å². The second kappa shape index (κ2) is 4.28. The third-order valence-corrected chi connectivity index (χ3v) is 1.24. The maximum absolute atomic E-state index is 8.06. The summed E-state index contributed by atoms with van der Waals surface area (Å²) in [6, 6.07) is 9.81. The van der Waals surface area contributed by atoms with Crippen LogP contribution in [-0.2, 0) is 0 Å². The molecular formula is C9H9NO. The van der Waals surface area contributed by atoms with Gasteiger partial charge in [-0.2, -0.15) is 0 Å². The van der Waals surface area contributed by atoms with Crippen molar-refractivity contribution in [3.63, 3.8) is 0 Å². The van der Waals surface area contributed by atoms with E-state index in [1.165, 1.54) is 6.21 Å². The van der Waals surface area contributed by atoms with Gasteiger partial charge >= 0.3 is 0 Å². The Morgan fingerprint density at radius 2 is 1.91 bits per heavy atom. The maximum atomic E-state index is 8.06. The van der Waals surface area contributed by atoms with Gasteiger partial charge in [-0.15, -0.1) is 0 Å². The van der Waals surface area contributed by atoms with E-state index in [-0.39, 0.29) is 0 Å². The quantitative estimate of drug-likeness (QED) is 0.388. The molecule has 0 aliphatic heterocycles. The summed E-state index contributed by atoms with van der Waals surface area (Å²) >= 11 is 0. The predicted molar refractivity (Wildman–Crippen MR) is 45.8 cm³/mol. The van der Waals surface area contributed by atoms with Crippen LogP contribution < -0.4 is 0 Å². The number of rotatable bonds is 2. The smallest absolute Gasteiger partial charge is 0.0661 e. The minimum Gasteiger partial charge on any atom is -0.411 e. The average molecular weight is 147 g/mol. The van der Waals surface area contributed by atoms with Gasteiger partial charge in [-0.3, -0.25) is 0 Å². The molecule has 0 atom stereocenters. The number of hydrogen-bond donors (Lipinski definition) is 1. The first kappa shape index (κ1) is 7.54. The van der Waals surface area contributed by atoms with Crippen LogP contribution in [0.5, 0.6) is 0 Å². The Bertz CT molecular complexity index is 252. The molecule has 1 aromatic rings. The summed E-state index contributed by atoms with van der Waals surface area (Å²) in [6.07, 6.45) is 4.86. The van der Waals surface area contributed by atoms with E-state index in [2.05, 4.69) is 5.16 Å². The number of hydrogen-bond acceptors (Lipinski definition) is 2. The standard InChI is InChI=1S/C9H9NO/c11-10-8-4-7-9-5-2-1-3-6-9/h1-8,11H. The van der Waals surface area contributed by atoms with Crippen LogP contribution in [0.25, 0.3) is 6.08 Å². The van der Waals surface area contributed by atoms with E-state index >= 15 is 0 Å². The van der Waals surface area contributed by atoms with Crippen LogP contribution in [0.4, 0.5) is 0 Å². The lowest BCUT2D eigenvalue weighted by atomic mass is 10.2. The summed E-state index contributed by atoms with van der Waals surface area (Å²) in [5.74, 6) is 0. The van der Waals surface area contributed by atoms with Crippen LogP contribution in [0.2, 0.25) is 0 Å². The highest BCUT2D eigenvalue weighted by Gasteiger charge is 1.79. The van der Waals surface area contributed by atoms with E-state index < -0.39 is 0 Å². The summed E-state index contributed by atoms with van der Waals surface area (Å²) in [4.78, 5) is 0. The second-order valence-electron chi connectivity index (χ2n) is 2.03. The van der Waals surface area contributed by atoms with Gasteiger partial charge in [0.25, 0.3) is 0 Å². The number of oxime groups is 1. The largest absolute Gasteiger partial charge is 0.411 e. The molecule has 0 aromatic heterocycles. The van der Waals surface area contributed by atoms with Crippen LogP contribution in [0.1, 0.15) is 5.56 Å². The lowest BCUT2D eigenvalue weighted by Crippen LogP contribution is -1.68. The molecule has 0 radical (unpaired) electrons. The summed E-state index contributed by atoms with van der Waals surface area (Å²) < 4.78 is 0. The highest BCUT2D eigenvalue weighted by atomic mass is 16.4. The van der Waals surface area contributed by atoms with Crippen molar-refractivity contribution in [2.45, 2.75) is 0 Å². The van der Waals surface area contributed by atoms with Crippen molar-refractivity contribution in [2.24, 2.45) is 5.16 Å². The third kappa shape index (κ3) is 2.67. The fourth-order valence-electron chi connectivity index (χ4n) is 0.757. The van der Waals surface area contributed by atoms with Gasteiger partial charge in [0.15, 0.2) is 0 Å². The molecular weight excluding hydrogens is 138 g/mol. The molecule has 0 heterocycles. The molecule has 11 heavy (non-hydrogen) atoms. The molecule has 0 unspecified atom stereocenters. The van der Waals surface area contributed by atoms with Crippen LogP contribution in [0, 0.1) is 0 Å². The highest BCUT2D eigenvalue weighted by molar-refractivity contribution is 5.77. The lowest BCUT2D eigenvalue weighted by Gasteiger charge is -1.87. The molecule has 0 spiro atoms. The minimum absolute atomic E-state index is 1.09. The van der Waals surface area contributed by atoms with Gasteiger partial charge in [0.2, 0.25) is 0 Å². The van der Waals surface area contributed by atoms with Crippen molar-refractivity contribution in [1.82, 2.24) is 0 Å². The number of nitrogens with zero attached hydrogens (tertiary/aromatic N) is 1. The molecule has 2 nitrogen and oxygen atoms in total. The lowest BCUT2D eigenvalue weighted by molar-refractivity contribution is 0.322. The summed E-state index contributed by atoms with van der Waals surface area (Å²) in [5, 5.41) is 10.9. The predicted octanol–water partition coefficient (Wildman–Crippen LogP) is 2.16. The molecule has 0 fully saturated rings. The average Bonchev–Trinajstić information content (AvgIpc) is 2.07. The molecule has 0 aliphatic rings. The fourth-order valence-corrected chi connectivity index (χ4v) is 0.757. The first-order chi connectivity index (χ1) is 5.43. The van der Waals surface area contributed by atoms with Crippen molar-refractivity contribution in [1.29, 1.82) is 0 Å². The molecule has 0 bridgehead atoms. The molecule has 2 heteroatoms. The van der Waals surface area contributed by atoms with Crippen LogP contribution >= 0.6 is 0 Å². The normalized spacial score (nSPS) is 11.3. The zero-order chi connectivity index (χ0) is 7.94. The van der Waals surface area contributed by atoms with Crippen molar-refractivity contribution in [3.8, 4) is 0 Å². The van der Waals surface area contributed by atoms with E-state index in [1.807, 2.05) is 36.4 Å².